The van der Waals surface area contributed by atoms with Gasteiger partial charge in [0.15, 0.2) is 17.3 Å². The first-order valence-corrected chi connectivity index (χ1v) is 8.43. The number of rotatable bonds is 4. The molecule has 124 valence electrons. The van der Waals surface area contributed by atoms with Crippen molar-refractivity contribution in [2.75, 3.05) is 27.1 Å². The number of hydrogen-bond donors (Lipinski definition) is 0. The normalized spacial score (nSPS) is 15.1. The minimum atomic E-state index is 0.0567. The molecule has 2 aromatic rings. The summed E-state index contributed by atoms with van der Waals surface area (Å²) in [5.41, 5.74) is 2.40. The predicted octanol–water partition coefficient (Wildman–Crippen LogP) is 4.08. The molecule has 0 saturated heterocycles. The zero-order valence-corrected chi connectivity index (χ0v) is 14.6. The number of benzene rings is 2. The Morgan fingerprint density at radius 2 is 1.75 bits per heavy atom. The highest BCUT2D eigenvalue weighted by atomic mass is 32.2. The quantitative estimate of drug-likeness (QED) is 0.783. The summed E-state index contributed by atoms with van der Waals surface area (Å²) in [5, 5.41) is 0. The molecule has 3 rings (SSSR count). The summed E-state index contributed by atoms with van der Waals surface area (Å²) in [4.78, 5) is 13.7. The number of carbonyl (C=O) groups excluding carboxylic acids is 1. The molecule has 24 heavy (non-hydrogen) atoms. The number of ketones is 1. The highest BCUT2D eigenvalue weighted by Gasteiger charge is 2.23. The molecule has 0 bridgehead atoms. The lowest BCUT2D eigenvalue weighted by molar-refractivity contribution is 0.103. The monoisotopic (exact) mass is 342 g/mol. The Labute approximate surface area is 145 Å². The summed E-state index contributed by atoms with van der Waals surface area (Å²) < 4.78 is 15.8. The summed E-state index contributed by atoms with van der Waals surface area (Å²) in [6.45, 7) is 0. The van der Waals surface area contributed by atoms with Gasteiger partial charge in [0, 0.05) is 21.8 Å². The van der Waals surface area contributed by atoms with Crippen LogP contribution in [0.1, 0.15) is 15.9 Å². The van der Waals surface area contributed by atoms with Gasteiger partial charge in [-0.05, 0) is 42.0 Å². The third-order valence-corrected chi connectivity index (χ3v) is 4.96. The minimum absolute atomic E-state index is 0.0567. The van der Waals surface area contributed by atoms with Crippen molar-refractivity contribution in [1.29, 1.82) is 0 Å². The van der Waals surface area contributed by atoms with Crippen molar-refractivity contribution >= 4 is 23.6 Å². The predicted molar refractivity (Wildman–Crippen MR) is 95.6 cm³/mol. The van der Waals surface area contributed by atoms with Gasteiger partial charge in [-0.25, -0.2) is 0 Å². The molecule has 4 nitrogen and oxygen atoms in total. The zero-order chi connectivity index (χ0) is 17.1. The third-order valence-electron chi connectivity index (χ3n) is 3.86. The molecule has 0 aromatic heterocycles. The SMILES string of the molecule is COc1ccc2c(c1)SC/C(=C\c1ccc(OC)c(OC)c1)C2=O. The van der Waals surface area contributed by atoms with Gasteiger partial charge in [-0.2, -0.15) is 0 Å². The van der Waals surface area contributed by atoms with E-state index in [9.17, 15) is 4.79 Å². The van der Waals surface area contributed by atoms with Gasteiger partial charge in [0.25, 0.3) is 0 Å². The van der Waals surface area contributed by atoms with Crippen LogP contribution in [0.2, 0.25) is 0 Å². The van der Waals surface area contributed by atoms with Crippen LogP contribution in [-0.2, 0) is 0 Å². The summed E-state index contributed by atoms with van der Waals surface area (Å²) in [7, 11) is 4.82. The molecule has 0 radical (unpaired) electrons. The first kappa shape index (κ1) is 16.5. The maximum Gasteiger partial charge on any atom is 0.191 e. The standard InChI is InChI=1S/C19H18O4S/c1-21-14-5-6-15-18(10-14)24-11-13(19(15)20)8-12-4-7-16(22-2)17(9-12)23-3/h4-10H,11H2,1-3H3/b13-8+. The van der Waals surface area contributed by atoms with Gasteiger partial charge < -0.3 is 14.2 Å². The van der Waals surface area contributed by atoms with E-state index < -0.39 is 0 Å². The van der Waals surface area contributed by atoms with Crippen LogP contribution in [0, 0.1) is 0 Å². The second-order valence-electron chi connectivity index (χ2n) is 5.26. The summed E-state index contributed by atoms with van der Waals surface area (Å²) in [6, 6.07) is 11.2. The van der Waals surface area contributed by atoms with Gasteiger partial charge in [-0.1, -0.05) is 6.07 Å². The average Bonchev–Trinajstić information content (AvgIpc) is 2.63. The van der Waals surface area contributed by atoms with E-state index in [1.165, 1.54) is 0 Å². The summed E-state index contributed by atoms with van der Waals surface area (Å²) in [6.07, 6.45) is 1.91. The zero-order valence-electron chi connectivity index (χ0n) is 13.8. The fourth-order valence-corrected chi connectivity index (χ4v) is 3.62. The number of ether oxygens (including phenoxy) is 3. The van der Waals surface area contributed by atoms with Crippen molar-refractivity contribution in [3.8, 4) is 17.2 Å². The lowest BCUT2D eigenvalue weighted by atomic mass is 10.0. The highest BCUT2D eigenvalue weighted by molar-refractivity contribution is 7.99. The Morgan fingerprint density at radius 1 is 0.958 bits per heavy atom. The van der Waals surface area contributed by atoms with Gasteiger partial charge >= 0.3 is 0 Å². The van der Waals surface area contributed by atoms with Crippen LogP contribution in [0.15, 0.2) is 46.9 Å². The van der Waals surface area contributed by atoms with Crippen molar-refractivity contribution in [2.24, 2.45) is 0 Å². The molecule has 0 fully saturated rings. The third kappa shape index (κ3) is 3.12. The number of carbonyl (C=O) groups is 1. The van der Waals surface area contributed by atoms with E-state index in [-0.39, 0.29) is 5.78 Å². The fourth-order valence-electron chi connectivity index (χ4n) is 2.58. The average molecular weight is 342 g/mol. The lowest BCUT2D eigenvalue weighted by Gasteiger charge is -2.18. The molecule has 0 aliphatic carbocycles. The first-order valence-electron chi connectivity index (χ1n) is 7.44. The molecule has 0 atom stereocenters. The van der Waals surface area contributed by atoms with Crippen LogP contribution in [0.25, 0.3) is 6.08 Å². The molecule has 0 unspecified atom stereocenters. The molecular weight excluding hydrogens is 324 g/mol. The van der Waals surface area contributed by atoms with Gasteiger partial charge in [0.2, 0.25) is 0 Å². The van der Waals surface area contributed by atoms with E-state index in [4.69, 9.17) is 14.2 Å². The molecule has 5 heteroatoms. The smallest absolute Gasteiger partial charge is 0.191 e. The highest BCUT2D eigenvalue weighted by Crippen LogP contribution is 2.36. The molecule has 2 aromatic carbocycles. The van der Waals surface area contributed by atoms with Gasteiger partial charge in [0.05, 0.1) is 21.3 Å². The summed E-state index contributed by atoms with van der Waals surface area (Å²) >= 11 is 1.64. The lowest BCUT2D eigenvalue weighted by Crippen LogP contribution is -2.12. The molecule has 1 aliphatic heterocycles. The van der Waals surface area contributed by atoms with E-state index in [1.54, 1.807) is 33.1 Å². The molecule has 1 heterocycles. The molecule has 0 spiro atoms. The maximum atomic E-state index is 12.7. The number of hydrogen-bond acceptors (Lipinski definition) is 5. The molecule has 0 N–H and O–H groups in total. The number of thioether (sulfide) groups is 1. The van der Waals surface area contributed by atoms with E-state index >= 15 is 0 Å². The molecule has 0 saturated carbocycles. The van der Waals surface area contributed by atoms with E-state index in [0.717, 1.165) is 27.3 Å². The van der Waals surface area contributed by atoms with Crippen LogP contribution in [0.3, 0.4) is 0 Å². The topological polar surface area (TPSA) is 44.8 Å². The Bertz CT molecular complexity index is 811. The first-order chi connectivity index (χ1) is 11.7. The van der Waals surface area contributed by atoms with Crippen LogP contribution < -0.4 is 14.2 Å². The van der Waals surface area contributed by atoms with Crippen molar-refractivity contribution in [3.63, 3.8) is 0 Å². The fraction of sp³-hybridized carbons (Fsp3) is 0.211. The number of methoxy groups -OCH3 is 3. The minimum Gasteiger partial charge on any atom is -0.497 e. The maximum absolute atomic E-state index is 12.7. The number of Topliss-reactive ketones (excluding diaryl/α,β-unsaturated/α-hetero) is 1. The number of fused-ring (bicyclic) bond motifs is 1. The van der Waals surface area contributed by atoms with E-state index in [2.05, 4.69) is 0 Å². The molecule has 1 aliphatic rings. The van der Waals surface area contributed by atoms with Crippen LogP contribution >= 0.6 is 11.8 Å². The summed E-state index contributed by atoms with van der Waals surface area (Å²) in [5.74, 6) is 2.77. The molecule has 0 amide bonds. The second kappa shape index (κ2) is 7.01. The second-order valence-corrected chi connectivity index (χ2v) is 6.28. The van der Waals surface area contributed by atoms with Crippen molar-refractivity contribution in [2.45, 2.75) is 4.90 Å². The van der Waals surface area contributed by atoms with Gasteiger partial charge in [-0.3, -0.25) is 4.79 Å². The van der Waals surface area contributed by atoms with Crippen molar-refractivity contribution in [3.05, 3.63) is 53.1 Å². The Hall–Kier alpha value is -2.40. The van der Waals surface area contributed by atoms with Crippen LogP contribution in [0.5, 0.6) is 17.2 Å². The van der Waals surface area contributed by atoms with Crippen molar-refractivity contribution < 1.29 is 19.0 Å². The van der Waals surface area contributed by atoms with Gasteiger partial charge in [0.1, 0.15) is 5.75 Å². The van der Waals surface area contributed by atoms with Gasteiger partial charge in [-0.15, -0.1) is 11.8 Å². The Kier molecular flexibility index (Phi) is 4.81. The van der Waals surface area contributed by atoms with Crippen LogP contribution in [-0.4, -0.2) is 32.9 Å². The van der Waals surface area contributed by atoms with E-state index in [0.29, 0.717) is 17.3 Å². The Balaban J connectivity index is 1.93. The van der Waals surface area contributed by atoms with Crippen molar-refractivity contribution in [1.82, 2.24) is 0 Å². The Morgan fingerprint density at radius 3 is 2.46 bits per heavy atom. The van der Waals surface area contributed by atoms with E-state index in [1.807, 2.05) is 42.5 Å². The molecular formula is C19H18O4S. The van der Waals surface area contributed by atoms with Crippen LogP contribution in [0.4, 0.5) is 0 Å². The largest absolute Gasteiger partial charge is 0.497 e.